The fraction of sp³-hybridized carbons (Fsp3) is 0.583. The molecule has 4 fully saturated rings. The molecule has 3 amide bonds. The molecule has 0 bridgehead atoms. The van der Waals surface area contributed by atoms with E-state index >= 15 is 0 Å². The molecule has 1 aromatic rings. The van der Waals surface area contributed by atoms with E-state index < -0.39 is 32.6 Å². The Morgan fingerprint density at radius 1 is 1.35 bits per heavy atom. The molecule has 4 aliphatic rings. The summed E-state index contributed by atoms with van der Waals surface area (Å²) in [5.74, 6) is 0.511. The fourth-order valence-electron chi connectivity index (χ4n) is 5.38. The molecule has 2 aliphatic heterocycles. The van der Waals surface area contributed by atoms with E-state index in [0.29, 0.717) is 42.4 Å². The van der Waals surface area contributed by atoms with Crippen LogP contribution >= 0.6 is 11.6 Å². The molecule has 180 valence electrons. The first-order valence-electron chi connectivity index (χ1n) is 12.1. The standard InChI is InChI=1S/C24H29ClN4O4Si/c25-18-4-1-3-17(11-18)24(5-6-24)33-23(32)29-13-16-9-15(16)10-20(29)21(30)28-19(12-26)14-34-8-2-7-27-22(34)31/h1,3-4,11,15-16,19-20,34H,2,5-10,13-14H2,(H,27,31)(H,28,30)/t15-,16+,19-,20+,34+/m1/s1. The molecule has 8 nitrogen and oxygen atoms in total. The molecule has 10 heteroatoms. The second kappa shape index (κ2) is 9.23. The Morgan fingerprint density at radius 3 is 2.88 bits per heavy atom. The Hall–Kier alpha value is -2.57. The molecule has 2 aliphatic carbocycles. The lowest BCUT2D eigenvalue weighted by Gasteiger charge is -2.35. The van der Waals surface area contributed by atoms with Crippen LogP contribution in [0.4, 0.5) is 9.59 Å². The number of benzene rings is 1. The van der Waals surface area contributed by atoms with Crippen LogP contribution in [-0.4, -0.2) is 56.4 Å². The van der Waals surface area contributed by atoms with Crippen molar-refractivity contribution in [3.63, 3.8) is 0 Å². The van der Waals surface area contributed by atoms with Crippen molar-refractivity contribution in [3.05, 3.63) is 34.9 Å². The van der Waals surface area contributed by atoms with Crippen molar-refractivity contribution in [1.82, 2.24) is 15.5 Å². The Kier molecular flexibility index (Phi) is 6.29. The lowest BCUT2D eigenvalue weighted by atomic mass is 10.0. The highest BCUT2D eigenvalue weighted by Crippen LogP contribution is 2.51. The van der Waals surface area contributed by atoms with E-state index in [9.17, 15) is 19.6 Å². The Bertz CT molecular complexity index is 1040. The number of hydrogen-bond donors (Lipinski definition) is 2. The zero-order chi connectivity index (χ0) is 23.9. The van der Waals surface area contributed by atoms with Gasteiger partial charge in [0.2, 0.25) is 5.91 Å². The van der Waals surface area contributed by atoms with Crippen molar-refractivity contribution in [2.24, 2.45) is 11.8 Å². The number of fused-ring (bicyclic) bond motifs is 1. The third-order valence-electron chi connectivity index (χ3n) is 7.67. The van der Waals surface area contributed by atoms with Gasteiger partial charge in [0.15, 0.2) is 5.53 Å². The van der Waals surface area contributed by atoms with Gasteiger partial charge in [0.05, 0.1) is 6.07 Å². The van der Waals surface area contributed by atoms with Crippen LogP contribution in [0.3, 0.4) is 0 Å². The number of carbonyl (C=O) groups is 3. The average molecular weight is 501 g/mol. The predicted octanol–water partition coefficient (Wildman–Crippen LogP) is 3.11. The van der Waals surface area contributed by atoms with E-state index in [0.717, 1.165) is 37.3 Å². The van der Waals surface area contributed by atoms with Crippen LogP contribution in [0.5, 0.6) is 0 Å². The first-order valence-corrected chi connectivity index (χ1v) is 14.7. The highest BCUT2D eigenvalue weighted by atomic mass is 35.5. The number of amides is 3. The number of piperidine rings is 1. The van der Waals surface area contributed by atoms with E-state index in [2.05, 4.69) is 16.7 Å². The van der Waals surface area contributed by atoms with Gasteiger partial charge < -0.3 is 15.4 Å². The number of likely N-dealkylation sites (tertiary alicyclic amines) is 1. The van der Waals surface area contributed by atoms with E-state index in [1.54, 1.807) is 11.0 Å². The fourth-order valence-corrected chi connectivity index (χ4v) is 8.21. The Balaban J connectivity index is 1.26. The normalized spacial score (nSPS) is 29.6. The number of nitriles is 1. The van der Waals surface area contributed by atoms with E-state index in [1.807, 2.05) is 18.2 Å². The molecule has 34 heavy (non-hydrogen) atoms. The molecule has 5 rings (SSSR count). The summed E-state index contributed by atoms with van der Waals surface area (Å²) >= 11 is 6.14. The van der Waals surface area contributed by atoms with Gasteiger partial charge in [0.1, 0.15) is 26.5 Å². The molecule has 2 saturated heterocycles. The number of halogens is 1. The summed E-state index contributed by atoms with van der Waals surface area (Å²) in [6.07, 6.45) is 3.46. The molecule has 0 radical (unpaired) electrons. The van der Waals surface area contributed by atoms with Crippen molar-refractivity contribution in [2.75, 3.05) is 13.1 Å². The monoisotopic (exact) mass is 500 g/mol. The smallest absolute Gasteiger partial charge is 0.411 e. The van der Waals surface area contributed by atoms with Gasteiger partial charge in [0, 0.05) is 18.1 Å². The second-order valence-corrected chi connectivity index (χ2v) is 13.5. The first-order chi connectivity index (χ1) is 16.4. The van der Waals surface area contributed by atoms with Crippen molar-refractivity contribution in [1.29, 1.82) is 5.26 Å². The van der Waals surface area contributed by atoms with Gasteiger partial charge in [-0.05, 0) is 73.7 Å². The van der Waals surface area contributed by atoms with Crippen molar-refractivity contribution in [3.8, 4) is 6.07 Å². The topological polar surface area (TPSA) is 112 Å². The third-order valence-corrected chi connectivity index (χ3v) is 11.0. The maximum Gasteiger partial charge on any atom is 0.411 e. The van der Waals surface area contributed by atoms with E-state index in [-0.39, 0.29) is 11.4 Å². The van der Waals surface area contributed by atoms with Crippen LogP contribution in [0.1, 0.15) is 37.7 Å². The molecule has 2 saturated carbocycles. The third kappa shape index (κ3) is 4.79. The van der Waals surface area contributed by atoms with Crippen LogP contribution in [0, 0.1) is 23.2 Å². The number of hydrogen-bond acceptors (Lipinski definition) is 5. The molecule has 0 aromatic heterocycles. The molecule has 1 aromatic carbocycles. The van der Waals surface area contributed by atoms with Crippen LogP contribution in [0.2, 0.25) is 17.1 Å². The summed E-state index contributed by atoms with van der Waals surface area (Å²) in [5.41, 5.74) is 0.259. The van der Waals surface area contributed by atoms with Crippen molar-refractivity contribution >= 4 is 37.9 Å². The van der Waals surface area contributed by atoms with Gasteiger partial charge in [0.25, 0.3) is 0 Å². The van der Waals surface area contributed by atoms with Crippen LogP contribution in [-0.2, 0) is 15.1 Å². The molecular weight excluding hydrogens is 472 g/mol. The van der Waals surface area contributed by atoms with Gasteiger partial charge in [-0.1, -0.05) is 23.7 Å². The van der Waals surface area contributed by atoms with Crippen molar-refractivity contribution in [2.45, 2.75) is 61.9 Å². The number of nitrogens with one attached hydrogen (secondary N) is 2. The molecule has 2 heterocycles. The van der Waals surface area contributed by atoms with Gasteiger partial charge >= 0.3 is 6.09 Å². The lowest BCUT2D eigenvalue weighted by molar-refractivity contribution is -0.127. The Labute approximate surface area is 205 Å². The molecule has 2 N–H and O–H groups in total. The quantitative estimate of drug-likeness (QED) is 0.583. The zero-order valence-corrected chi connectivity index (χ0v) is 20.9. The predicted molar refractivity (Wildman–Crippen MR) is 128 cm³/mol. The lowest BCUT2D eigenvalue weighted by Crippen LogP contribution is -2.55. The van der Waals surface area contributed by atoms with Gasteiger partial charge in [-0.2, -0.15) is 5.26 Å². The summed E-state index contributed by atoms with van der Waals surface area (Å²) in [4.78, 5) is 40.2. The van der Waals surface area contributed by atoms with Gasteiger partial charge in [-0.15, -0.1) is 0 Å². The van der Waals surface area contributed by atoms with Crippen LogP contribution in [0.25, 0.3) is 0 Å². The van der Waals surface area contributed by atoms with Gasteiger partial charge in [-0.25, -0.2) is 4.79 Å². The largest absolute Gasteiger partial charge is 0.438 e. The number of rotatable bonds is 6. The molecule has 0 spiro atoms. The van der Waals surface area contributed by atoms with Crippen LogP contribution in [0.15, 0.2) is 24.3 Å². The zero-order valence-electron chi connectivity index (χ0n) is 19.0. The second-order valence-electron chi connectivity index (χ2n) is 10.1. The van der Waals surface area contributed by atoms with E-state index in [1.165, 1.54) is 0 Å². The number of nitrogens with zero attached hydrogens (tertiary/aromatic N) is 2. The maximum absolute atomic E-state index is 13.3. The van der Waals surface area contributed by atoms with Crippen LogP contribution < -0.4 is 10.6 Å². The summed E-state index contributed by atoms with van der Waals surface area (Å²) in [6.45, 7) is 1.18. The highest BCUT2D eigenvalue weighted by molar-refractivity contribution is 6.90. The summed E-state index contributed by atoms with van der Waals surface area (Å²) in [7, 11) is -1.80. The SMILES string of the molecule is N#C[C@H](C[Si@@H]1CCCNC1=O)NC(=O)[C@@H]1C[C@H]2C[C@H]2CN1C(=O)OC1(c2cccc(Cl)c2)CC1. The highest BCUT2D eigenvalue weighted by Gasteiger charge is 2.54. The molecular formula is C24H29ClN4O4Si. The summed E-state index contributed by atoms with van der Waals surface area (Å²) in [5, 5.41) is 15.9. The Morgan fingerprint density at radius 2 is 2.18 bits per heavy atom. The first kappa shape index (κ1) is 23.2. The van der Waals surface area contributed by atoms with E-state index in [4.69, 9.17) is 16.3 Å². The minimum atomic E-state index is -1.80. The van der Waals surface area contributed by atoms with Gasteiger partial charge in [-0.3, -0.25) is 14.5 Å². The summed E-state index contributed by atoms with van der Waals surface area (Å²) < 4.78 is 5.98. The molecule has 0 unspecified atom stereocenters. The minimum Gasteiger partial charge on any atom is -0.438 e. The minimum absolute atomic E-state index is 0.0696. The number of carbonyl (C=O) groups excluding carboxylic acids is 3. The molecule has 5 atom stereocenters. The van der Waals surface area contributed by atoms with Crippen molar-refractivity contribution < 1.29 is 19.1 Å². The average Bonchev–Trinajstić information content (AvgIpc) is 3.75. The maximum atomic E-state index is 13.3. The summed E-state index contributed by atoms with van der Waals surface area (Å²) in [6, 6.07) is 9.39. The number of ether oxygens (including phenoxy) is 1.